The van der Waals surface area contributed by atoms with Crippen LogP contribution in [0.5, 0.6) is 0 Å². The first-order chi connectivity index (χ1) is 19.7. The van der Waals surface area contributed by atoms with Gasteiger partial charge in [-0.05, 0) is 111 Å². The van der Waals surface area contributed by atoms with E-state index in [4.69, 9.17) is 4.42 Å². The summed E-state index contributed by atoms with van der Waals surface area (Å²) in [4.78, 5) is 44.4. The molecule has 5 aromatic rings. The van der Waals surface area contributed by atoms with Crippen LogP contribution in [0.25, 0.3) is 22.8 Å². The third-order valence-electron chi connectivity index (χ3n) is 7.62. The molecular weight excluding hydrogens is 514 g/mol. The SMILES string of the molecule is Cc1c[nH]c(=O)c(CC(=O)c2ncc(C3CC3)cc2C)c1.Cc1cnc2oc(-c3ncc(C4CC4)cc3C)nc2c1. The fourth-order valence-corrected chi connectivity index (χ4v) is 5.06. The highest BCUT2D eigenvalue weighted by Gasteiger charge is 2.26. The van der Waals surface area contributed by atoms with Crippen LogP contribution >= 0.6 is 0 Å². The van der Waals surface area contributed by atoms with Crippen molar-refractivity contribution in [3.8, 4) is 11.6 Å². The normalized spacial score (nSPS) is 14.5. The number of fused-ring (bicyclic) bond motifs is 1. The van der Waals surface area contributed by atoms with Gasteiger partial charge in [0, 0.05) is 36.8 Å². The third kappa shape index (κ3) is 6.01. The second-order valence-electron chi connectivity index (χ2n) is 11.4. The summed E-state index contributed by atoms with van der Waals surface area (Å²) in [6.45, 7) is 7.85. The Morgan fingerprint density at radius 3 is 2.20 bits per heavy atom. The Morgan fingerprint density at radius 1 is 0.854 bits per heavy atom. The van der Waals surface area contributed by atoms with Gasteiger partial charge in [0.05, 0.1) is 0 Å². The molecule has 41 heavy (non-hydrogen) atoms. The lowest BCUT2D eigenvalue weighted by atomic mass is 10.0. The second-order valence-corrected chi connectivity index (χ2v) is 11.4. The lowest BCUT2D eigenvalue weighted by Crippen LogP contribution is -2.17. The molecular formula is C33H33N5O3. The number of H-pyrrole nitrogens is 1. The lowest BCUT2D eigenvalue weighted by Gasteiger charge is -2.06. The van der Waals surface area contributed by atoms with Gasteiger partial charge in [-0.1, -0.05) is 12.1 Å². The van der Waals surface area contributed by atoms with E-state index in [1.165, 1.54) is 36.8 Å². The Hall–Kier alpha value is -4.46. The molecule has 0 spiro atoms. The number of pyridine rings is 4. The van der Waals surface area contributed by atoms with E-state index in [1.54, 1.807) is 24.7 Å². The van der Waals surface area contributed by atoms with Crippen molar-refractivity contribution in [2.45, 2.75) is 71.6 Å². The van der Waals surface area contributed by atoms with E-state index in [0.717, 1.165) is 33.5 Å². The highest BCUT2D eigenvalue weighted by atomic mass is 16.4. The van der Waals surface area contributed by atoms with Gasteiger partial charge in [0.15, 0.2) is 5.78 Å². The number of aryl methyl sites for hydroxylation is 4. The smallest absolute Gasteiger partial charge is 0.251 e. The molecule has 2 aliphatic carbocycles. The Kier molecular flexibility index (Phi) is 7.07. The van der Waals surface area contributed by atoms with Gasteiger partial charge in [0.2, 0.25) is 11.6 Å². The van der Waals surface area contributed by atoms with E-state index in [-0.39, 0.29) is 17.8 Å². The molecule has 1 N–H and O–H groups in total. The first-order valence-electron chi connectivity index (χ1n) is 14.1. The quantitative estimate of drug-likeness (QED) is 0.242. The number of aromatic amines is 1. The average molecular weight is 548 g/mol. The molecule has 0 amide bonds. The van der Waals surface area contributed by atoms with E-state index in [0.29, 0.717) is 34.7 Å². The fourth-order valence-electron chi connectivity index (χ4n) is 5.06. The molecule has 2 aliphatic rings. The van der Waals surface area contributed by atoms with E-state index in [2.05, 4.69) is 44.0 Å². The Morgan fingerprint density at radius 2 is 1.54 bits per heavy atom. The van der Waals surface area contributed by atoms with Crippen LogP contribution in [0, 0.1) is 27.7 Å². The predicted octanol–water partition coefficient (Wildman–Crippen LogP) is 6.47. The maximum atomic E-state index is 12.4. The largest absolute Gasteiger partial charge is 0.416 e. The molecule has 8 heteroatoms. The van der Waals surface area contributed by atoms with Gasteiger partial charge in [0.1, 0.15) is 16.9 Å². The van der Waals surface area contributed by atoms with Crippen molar-refractivity contribution in [3.63, 3.8) is 0 Å². The number of aromatic nitrogens is 5. The first-order valence-corrected chi connectivity index (χ1v) is 14.1. The summed E-state index contributed by atoms with van der Waals surface area (Å²) in [5, 5.41) is 0. The molecule has 2 saturated carbocycles. The van der Waals surface area contributed by atoms with Crippen molar-refractivity contribution in [2.24, 2.45) is 0 Å². The van der Waals surface area contributed by atoms with Gasteiger partial charge < -0.3 is 9.40 Å². The Bertz CT molecular complexity index is 1830. The number of oxazole rings is 1. The zero-order valence-corrected chi connectivity index (χ0v) is 23.8. The van der Waals surface area contributed by atoms with E-state index in [9.17, 15) is 9.59 Å². The molecule has 8 nitrogen and oxygen atoms in total. The van der Waals surface area contributed by atoms with Crippen molar-refractivity contribution < 1.29 is 9.21 Å². The van der Waals surface area contributed by atoms with Crippen LogP contribution in [0.3, 0.4) is 0 Å². The number of rotatable bonds is 6. The summed E-state index contributed by atoms with van der Waals surface area (Å²) in [6, 6.07) is 7.99. The molecule has 5 heterocycles. The molecule has 208 valence electrons. The third-order valence-corrected chi connectivity index (χ3v) is 7.62. The van der Waals surface area contributed by atoms with Crippen LogP contribution in [-0.2, 0) is 6.42 Å². The first kappa shape index (κ1) is 26.7. The van der Waals surface area contributed by atoms with Crippen molar-refractivity contribution in [1.29, 1.82) is 0 Å². The van der Waals surface area contributed by atoms with Gasteiger partial charge in [0.25, 0.3) is 5.56 Å². The minimum Gasteiger partial charge on any atom is -0.416 e. The maximum absolute atomic E-state index is 12.4. The summed E-state index contributed by atoms with van der Waals surface area (Å²) in [6.07, 6.45) is 12.3. The van der Waals surface area contributed by atoms with Crippen molar-refractivity contribution >= 4 is 17.0 Å². The molecule has 0 radical (unpaired) electrons. The number of hydrogen-bond donors (Lipinski definition) is 1. The van der Waals surface area contributed by atoms with Gasteiger partial charge in [-0.3, -0.25) is 19.6 Å². The Balaban J connectivity index is 0.000000148. The molecule has 7 rings (SSSR count). The number of Topliss-reactive ketones (excluding diaryl/α,β-unsaturated/α-hetero) is 1. The number of nitrogens with one attached hydrogen (secondary N) is 1. The van der Waals surface area contributed by atoms with Gasteiger partial charge in [-0.15, -0.1) is 0 Å². The van der Waals surface area contributed by atoms with Gasteiger partial charge in [-0.2, -0.15) is 0 Å². The summed E-state index contributed by atoms with van der Waals surface area (Å²) in [5.74, 6) is 1.78. The lowest BCUT2D eigenvalue weighted by molar-refractivity contribution is 0.0987. The van der Waals surface area contributed by atoms with E-state index >= 15 is 0 Å². The minimum atomic E-state index is -0.207. The second kappa shape index (κ2) is 10.8. The topological polar surface area (TPSA) is 115 Å². The number of hydrogen-bond acceptors (Lipinski definition) is 7. The molecule has 0 atom stereocenters. The Labute approximate surface area is 238 Å². The van der Waals surface area contributed by atoms with E-state index < -0.39 is 0 Å². The van der Waals surface area contributed by atoms with Crippen molar-refractivity contribution in [1.82, 2.24) is 24.9 Å². The number of carbonyl (C=O) groups is 1. The van der Waals surface area contributed by atoms with E-state index in [1.807, 2.05) is 33.0 Å². The highest BCUT2D eigenvalue weighted by molar-refractivity contribution is 5.97. The predicted molar refractivity (Wildman–Crippen MR) is 157 cm³/mol. The maximum Gasteiger partial charge on any atom is 0.251 e. The van der Waals surface area contributed by atoms with Crippen LogP contribution in [-0.4, -0.2) is 30.7 Å². The summed E-state index contributed by atoms with van der Waals surface area (Å²) < 4.78 is 5.72. The number of nitrogens with zero attached hydrogens (tertiary/aromatic N) is 4. The van der Waals surface area contributed by atoms with Gasteiger partial charge in [-0.25, -0.2) is 9.97 Å². The zero-order chi connectivity index (χ0) is 28.7. The average Bonchev–Trinajstić information content (AvgIpc) is 3.87. The van der Waals surface area contributed by atoms with Crippen molar-refractivity contribution in [3.05, 3.63) is 104 Å². The van der Waals surface area contributed by atoms with Crippen LogP contribution in [0.2, 0.25) is 0 Å². The van der Waals surface area contributed by atoms with Crippen LogP contribution in [0.15, 0.2) is 58.3 Å². The molecule has 0 saturated heterocycles. The van der Waals surface area contributed by atoms with Crippen LogP contribution in [0.4, 0.5) is 0 Å². The minimum absolute atomic E-state index is 0.0909. The van der Waals surface area contributed by atoms with Crippen molar-refractivity contribution in [2.75, 3.05) is 0 Å². The summed E-state index contributed by atoms with van der Waals surface area (Å²) in [7, 11) is 0. The van der Waals surface area contributed by atoms with Crippen LogP contribution < -0.4 is 5.56 Å². The van der Waals surface area contributed by atoms with Gasteiger partial charge >= 0.3 is 0 Å². The molecule has 0 bridgehead atoms. The summed E-state index contributed by atoms with van der Waals surface area (Å²) in [5.41, 5.74) is 9.49. The highest BCUT2D eigenvalue weighted by Crippen LogP contribution is 2.41. The standard InChI is InChI=1S/C17H18N2O2.C16H15N3O/c1-10-5-13(17(21)19-8-10)7-15(20)16-11(2)6-14(9-18-16)12-3-4-12;1-9-5-13-15(18-7-9)20-16(19-13)14-10(2)6-12(8-17-14)11-3-4-11/h5-6,8-9,12H,3-4,7H2,1-2H3,(H,19,21);5-8,11H,3-4H2,1-2H3. The fraction of sp³-hybridized carbons (Fsp3) is 0.333. The van der Waals surface area contributed by atoms with Crippen LogP contribution in [0.1, 0.15) is 87.0 Å². The molecule has 2 fully saturated rings. The number of carbonyl (C=O) groups excluding carboxylic acids is 1. The summed E-state index contributed by atoms with van der Waals surface area (Å²) >= 11 is 0. The molecule has 0 unspecified atom stereocenters. The zero-order valence-electron chi connectivity index (χ0n) is 23.8. The monoisotopic (exact) mass is 547 g/mol. The number of ketones is 1. The molecule has 5 aromatic heterocycles. The molecule has 0 aliphatic heterocycles. The molecule has 0 aromatic carbocycles.